The first-order valence-corrected chi connectivity index (χ1v) is 5.75. The summed E-state index contributed by atoms with van der Waals surface area (Å²) in [6.45, 7) is 1.98. The number of rotatable bonds is 6. The third-order valence-electron chi connectivity index (χ3n) is 2.94. The summed E-state index contributed by atoms with van der Waals surface area (Å²) in [7, 11) is 3.36. The molecule has 2 rings (SSSR count). The molecule has 0 unspecified atom stereocenters. The molecule has 1 saturated carbocycles. The molecule has 1 N–H and O–H groups in total. The average molecular weight is 221 g/mol. The van der Waals surface area contributed by atoms with Crippen molar-refractivity contribution in [3.05, 3.63) is 23.8 Å². The number of nitrogens with one attached hydrogen (secondary N) is 1. The van der Waals surface area contributed by atoms with E-state index in [0.29, 0.717) is 0 Å². The Morgan fingerprint density at radius 3 is 2.69 bits per heavy atom. The summed E-state index contributed by atoms with van der Waals surface area (Å²) >= 11 is 0. The van der Waals surface area contributed by atoms with Crippen molar-refractivity contribution in [2.24, 2.45) is 5.92 Å². The SMILES string of the molecule is COc1ccc(CNCC2CC2)c(OC)c1. The maximum Gasteiger partial charge on any atom is 0.127 e. The van der Waals surface area contributed by atoms with Crippen molar-refractivity contribution in [2.45, 2.75) is 19.4 Å². The number of hydrogen-bond donors (Lipinski definition) is 1. The zero-order valence-corrected chi connectivity index (χ0v) is 9.95. The lowest BCUT2D eigenvalue weighted by molar-refractivity contribution is 0.389. The van der Waals surface area contributed by atoms with E-state index in [1.807, 2.05) is 12.1 Å². The molecule has 0 aromatic heterocycles. The molecule has 0 bridgehead atoms. The van der Waals surface area contributed by atoms with E-state index in [0.717, 1.165) is 30.5 Å². The fourth-order valence-electron chi connectivity index (χ4n) is 1.73. The Morgan fingerprint density at radius 2 is 2.06 bits per heavy atom. The van der Waals surface area contributed by atoms with Crippen molar-refractivity contribution < 1.29 is 9.47 Å². The van der Waals surface area contributed by atoms with Crippen LogP contribution in [0.1, 0.15) is 18.4 Å². The number of ether oxygens (including phenoxy) is 2. The van der Waals surface area contributed by atoms with Gasteiger partial charge in [0.25, 0.3) is 0 Å². The molecule has 0 amide bonds. The largest absolute Gasteiger partial charge is 0.497 e. The summed E-state index contributed by atoms with van der Waals surface area (Å²) in [5.74, 6) is 2.63. The Bertz CT molecular complexity index is 348. The summed E-state index contributed by atoms with van der Waals surface area (Å²) in [6.07, 6.45) is 2.76. The maximum absolute atomic E-state index is 5.34. The Labute approximate surface area is 96.8 Å². The standard InChI is InChI=1S/C13H19NO2/c1-15-12-6-5-11(13(7-12)16-2)9-14-8-10-3-4-10/h5-7,10,14H,3-4,8-9H2,1-2H3. The molecule has 1 aromatic rings. The molecule has 3 nitrogen and oxygen atoms in total. The summed E-state index contributed by atoms with van der Waals surface area (Å²) in [4.78, 5) is 0. The van der Waals surface area contributed by atoms with Gasteiger partial charge in [0.05, 0.1) is 14.2 Å². The average Bonchev–Trinajstić information content (AvgIpc) is 3.13. The van der Waals surface area contributed by atoms with Gasteiger partial charge >= 0.3 is 0 Å². The van der Waals surface area contributed by atoms with Crippen LogP contribution in [-0.2, 0) is 6.54 Å². The van der Waals surface area contributed by atoms with Crippen LogP contribution in [0.2, 0.25) is 0 Å². The van der Waals surface area contributed by atoms with Crippen LogP contribution in [0.15, 0.2) is 18.2 Å². The highest BCUT2D eigenvalue weighted by Gasteiger charge is 2.20. The van der Waals surface area contributed by atoms with Gasteiger partial charge in [-0.25, -0.2) is 0 Å². The van der Waals surface area contributed by atoms with E-state index >= 15 is 0 Å². The molecule has 0 atom stereocenters. The Hall–Kier alpha value is -1.22. The highest BCUT2D eigenvalue weighted by Crippen LogP contribution is 2.28. The topological polar surface area (TPSA) is 30.5 Å². The summed E-state index contributed by atoms with van der Waals surface area (Å²) in [5, 5.41) is 3.45. The van der Waals surface area contributed by atoms with Gasteiger partial charge in [-0.3, -0.25) is 0 Å². The molecule has 1 fully saturated rings. The molecule has 88 valence electrons. The normalized spacial score (nSPS) is 14.9. The van der Waals surface area contributed by atoms with Crippen molar-refractivity contribution in [1.82, 2.24) is 5.32 Å². The van der Waals surface area contributed by atoms with Gasteiger partial charge in [-0.1, -0.05) is 6.07 Å². The monoisotopic (exact) mass is 221 g/mol. The first kappa shape index (κ1) is 11.3. The van der Waals surface area contributed by atoms with Crippen molar-refractivity contribution in [3.8, 4) is 11.5 Å². The van der Waals surface area contributed by atoms with Crippen LogP contribution < -0.4 is 14.8 Å². The van der Waals surface area contributed by atoms with Crippen molar-refractivity contribution in [3.63, 3.8) is 0 Å². The predicted octanol–water partition coefficient (Wildman–Crippen LogP) is 2.20. The first-order valence-electron chi connectivity index (χ1n) is 5.75. The van der Waals surface area contributed by atoms with Gasteiger partial charge in [-0.15, -0.1) is 0 Å². The van der Waals surface area contributed by atoms with Crippen molar-refractivity contribution in [2.75, 3.05) is 20.8 Å². The first-order chi connectivity index (χ1) is 7.83. The molecule has 0 radical (unpaired) electrons. The van der Waals surface area contributed by atoms with Crippen molar-refractivity contribution >= 4 is 0 Å². The van der Waals surface area contributed by atoms with Crippen LogP contribution in [0.4, 0.5) is 0 Å². The van der Waals surface area contributed by atoms with Gasteiger partial charge in [0.1, 0.15) is 11.5 Å². The van der Waals surface area contributed by atoms with E-state index in [1.165, 1.54) is 18.4 Å². The molecule has 1 aliphatic rings. The Balaban J connectivity index is 1.94. The second kappa shape index (κ2) is 5.21. The fraction of sp³-hybridized carbons (Fsp3) is 0.538. The maximum atomic E-state index is 5.34. The second-order valence-electron chi connectivity index (χ2n) is 4.25. The second-order valence-corrected chi connectivity index (χ2v) is 4.25. The highest BCUT2D eigenvalue weighted by atomic mass is 16.5. The van der Waals surface area contributed by atoms with Gasteiger partial charge in [0, 0.05) is 18.2 Å². The molecular formula is C13H19NO2. The minimum atomic E-state index is 0.836. The molecule has 0 aliphatic heterocycles. The van der Waals surface area contributed by atoms with Gasteiger partial charge in [0.2, 0.25) is 0 Å². The summed E-state index contributed by atoms with van der Waals surface area (Å²) in [6, 6.07) is 5.95. The number of benzene rings is 1. The Morgan fingerprint density at radius 1 is 1.25 bits per heavy atom. The van der Waals surface area contributed by atoms with E-state index in [4.69, 9.17) is 9.47 Å². The minimum absolute atomic E-state index is 0.836. The van der Waals surface area contributed by atoms with Gasteiger partial charge in [0.15, 0.2) is 0 Å². The third-order valence-corrected chi connectivity index (χ3v) is 2.94. The highest BCUT2D eigenvalue weighted by molar-refractivity contribution is 5.40. The Kier molecular flexibility index (Phi) is 3.67. The van der Waals surface area contributed by atoms with Crippen molar-refractivity contribution in [1.29, 1.82) is 0 Å². The third kappa shape index (κ3) is 2.89. The molecule has 0 heterocycles. The van der Waals surface area contributed by atoms with E-state index in [1.54, 1.807) is 14.2 Å². The van der Waals surface area contributed by atoms with Gasteiger partial charge in [-0.2, -0.15) is 0 Å². The van der Waals surface area contributed by atoms with Crippen LogP contribution in [0.5, 0.6) is 11.5 Å². The number of hydrogen-bond acceptors (Lipinski definition) is 3. The van der Waals surface area contributed by atoms with Crippen LogP contribution in [-0.4, -0.2) is 20.8 Å². The molecule has 0 saturated heterocycles. The predicted molar refractivity (Wildman–Crippen MR) is 64.0 cm³/mol. The number of methoxy groups -OCH3 is 2. The molecule has 0 spiro atoms. The molecule has 3 heteroatoms. The van der Waals surface area contributed by atoms with Crippen LogP contribution in [0.25, 0.3) is 0 Å². The molecular weight excluding hydrogens is 202 g/mol. The van der Waals surface area contributed by atoms with E-state index in [2.05, 4.69) is 11.4 Å². The zero-order valence-electron chi connectivity index (χ0n) is 9.95. The van der Waals surface area contributed by atoms with Gasteiger partial charge < -0.3 is 14.8 Å². The van der Waals surface area contributed by atoms with Crippen LogP contribution in [0, 0.1) is 5.92 Å². The smallest absolute Gasteiger partial charge is 0.127 e. The molecule has 1 aromatic carbocycles. The lowest BCUT2D eigenvalue weighted by atomic mass is 10.2. The van der Waals surface area contributed by atoms with E-state index < -0.39 is 0 Å². The van der Waals surface area contributed by atoms with Gasteiger partial charge in [-0.05, 0) is 31.4 Å². The summed E-state index contributed by atoms with van der Waals surface area (Å²) in [5.41, 5.74) is 1.18. The fourth-order valence-corrected chi connectivity index (χ4v) is 1.73. The molecule has 1 aliphatic carbocycles. The van der Waals surface area contributed by atoms with Crippen LogP contribution in [0.3, 0.4) is 0 Å². The quantitative estimate of drug-likeness (QED) is 0.799. The van der Waals surface area contributed by atoms with Crippen LogP contribution >= 0.6 is 0 Å². The molecule has 16 heavy (non-hydrogen) atoms. The van der Waals surface area contributed by atoms with E-state index in [9.17, 15) is 0 Å². The lowest BCUT2D eigenvalue weighted by Crippen LogP contribution is -2.16. The van der Waals surface area contributed by atoms with E-state index in [-0.39, 0.29) is 0 Å². The lowest BCUT2D eigenvalue weighted by Gasteiger charge is -2.11. The summed E-state index contributed by atoms with van der Waals surface area (Å²) < 4.78 is 10.5. The minimum Gasteiger partial charge on any atom is -0.497 e. The zero-order chi connectivity index (χ0) is 11.4.